The van der Waals surface area contributed by atoms with Crippen LogP contribution >= 0.6 is 15.9 Å². The first-order valence-electron chi connectivity index (χ1n) is 5.31. The van der Waals surface area contributed by atoms with Gasteiger partial charge in [-0.2, -0.15) is 0 Å². The van der Waals surface area contributed by atoms with Crippen molar-refractivity contribution in [2.75, 3.05) is 24.3 Å². The van der Waals surface area contributed by atoms with E-state index >= 15 is 0 Å². The van der Waals surface area contributed by atoms with Crippen molar-refractivity contribution in [3.8, 4) is 0 Å². The molecule has 1 aromatic rings. The maximum Gasteiger partial charge on any atom is 0.182 e. The Bertz CT molecular complexity index is 530. The Morgan fingerprint density at radius 2 is 2.24 bits per heavy atom. The summed E-state index contributed by atoms with van der Waals surface area (Å²) in [5.41, 5.74) is 0.706. The fourth-order valence-corrected chi connectivity index (χ4v) is 4.53. The highest BCUT2D eigenvalue weighted by Crippen LogP contribution is 2.35. The van der Waals surface area contributed by atoms with Crippen molar-refractivity contribution in [3.63, 3.8) is 0 Å². The van der Waals surface area contributed by atoms with Gasteiger partial charge in [-0.15, -0.1) is 0 Å². The Hall–Kier alpha value is -0.590. The van der Waals surface area contributed by atoms with E-state index in [9.17, 15) is 8.42 Å². The number of rotatable bonds is 2. The molecule has 0 saturated carbocycles. The van der Waals surface area contributed by atoms with Crippen molar-refractivity contribution < 1.29 is 13.5 Å². The number of hydrogen-bond acceptors (Lipinski definition) is 4. The molecule has 6 heteroatoms. The third-order valence-corrected chi connectivity index (χ3v) is 5.37. The van der Waals surface area contributed by atoms with Crippen LogP contribution in [-0.4, -0.2) is 39.0 Å². The summed E-state index contributed by atoms with van der Waals surface area (Å²) < 4.78 is 25.0. The number of aliphatic hydroxyl groups excluding tert-OH is 1. The summed E-state index contributed by atoms with van der Waals surface area (Å²) >= 11 is 3.28. The van der Waals surface area contributed by atoms with Crippen molar-refractivity contribution in [2.24, 2.45) is 0 Å². The summed E-state index contributed by atoms with van der Waals surface area (Å²) in [6, 6.07) is 5.10. The molecule has 4 nitrogen and oxygen atoms in total. The lowest BCUT2D eigenvalue weighted by Gasteiger charge is -2.35. The van der Waals surface area contributed by atoms with Crippen molar-refractivity contribution in [1.82, 2.24) is 0 Å². The van der Waals surface area contributed by atoms with E-state index in [1.165, 1.54) is 0 Å². The standard InChI is InChI=1S/C11H14BrNO3S/c1-13-9(4-5-14)7-17(15,16)11-6-8(12)2-3-10(11)13/h2-3,6,9,14H,4-5,7H2,1H3. The smallest absolute Gasteiger partial charge is 0.182 e. The van der Waals surface area contributed by atoms with E-state index in [0.29, 0.717) is 17.0 Å². The number of anilines is 1. The summed E-state index contributed by atoms with van der Waals surface area (Å²) in [6.07, 6.45) is 0.464. The number of nitrogens with zero attached hydrogens (tertiary/aromatic N) is 1. The van der Waals surface area contributed by atoms with E-state index in [2.05, 4.69) is 15.9 Å². The topological polar surface area (TPSA) is 57.6 Å². The molecule has 17 heavy (non-hydrogen) atoms. The van der Waals surface area contributed by atoms with Gasteiger partial charge in [-0.05, 0) is 24.6 Å². The molecule has 1 aliphatic rings. The Morgan fingerprint density at radius 3 is 2.88 bits per heavy atom. The summed E-state index contributed by atoms with van der Waals surface area (Å²) in [5.74, 6) is 0.0630. The van der Waals surface area contributed by atoms with Crippen LogP contribution in [0.2, 0.25) is 0 Å². The highest BCUT2D eigenvalue weighted by atomic mass is 79.9. The normalized spacial score (nSPS) is 22.3. The van der Waals surface area contributed by atoms with E-state index < -0.39 is 9.84 Å². The zero-order valence-corrected chi connectivity index (χ0v) is 11.8. The van der Waals surface area contributed by atoms with E-state index in [0.717, 1.165) is 4.47 Å². The van der Waals surface area contributed by atoms with Crippen LogP contribution in [0.15, 0.2) is 27.6 Å². The molecule has 1 heterocycles. The highest BCUT2D eigenvalue weighted by molar-refractivity contribution is 9.10. The number of benzene rings is 1. The molecule has 0 aliphatic carbocycles. The number of halogens is 1. The number of hydrogen-bond donors (Lipinski definition) is 1. The van der Waals surface area contributed by atoms with E-state index in [1.54, 1.807) is 12.1 Å². The van der Waals surface area contributed by atoms with Crippen molar-refractivity contribution in [2.45, 2.75) is 17.4 Å². The quantitative estimate of drug-likeness (QED) is 0.895. The monoisotopic (exact) mass is 319 g/mol. The predicted octanol–water partition coefficient (Wildman–Crippen LogP) is 1.42. The van der Waals surface area contributed by atoms with Crippen LogP contribution in [-0.2, 0) is 9.84 Å². The minimum Gasteiger partial charge on any atom is -0.396 e. The molecule has 0 radical (unpaired) electrons. The Morgan fingerprint density at radius 1 is 1.53 bits per heavy atom. The number of fused-ring (bicyclic) bond motifs is 1. The van der Waals surface area contributed by atoms with Crippen LogP contribution in [0.3, 0.4) is 0 Å². The first kappa shape index (κ1) is 12.9. The van der Waals surface area contributed by atoms with Gasteiger partial charge in [-0.25, -0.2) is 8.42 Å². The maximum atomic E-state index is 12.1. The third kappa shape index (κ3) is 2.34. The fraction of sp³-hybridized carbons (Fsp3) is 0.455. The van der Waals surface area contributed by atoms with Gasteiger partial charge in [0.2, 0.25) is 0 Å². The van der Waals surface area contributed by atoms with E-state index in [1.807, 2.05) is 18.0 Å². The van der Waals surface area contributed by atoms with Crippen molar-refractivity contribution in [1.29, 1.82) is 0 Å². The van der Waals surface area contributed by atoms with E-state index in [4.69, 9.17) is 5.11 Å². The second-order valence-electron chi connectivity index (χ2n) is 4.17. The largest absolute Gasteiger partial charge is 0.396 e. The second kappa shape index (κ2) is 4.59. The first-order chi connectivity index (χ1) is 7.95. The molecule has 0 saturated heterocycles. The Balaban J connectivity index is 2.53. The SMILES string of the molecule is CN1c2ccc(Br)cc2S(=O)(=O)CC1CCO. The second-order valence-corrected chi connectivity index (χ2v) is 7.09. The molecule has 0 aromatic heterocycles. The molecule has 1 unspecified atom stereocenters. The van der Waals surface area contributed by atoms with Crippen LogP contribution in [0.4, 0.5) is 5.69 Å². The van der Waals surface area contributed by atoms with Gasteiger partial charge >= 0.3 is 0 Å². The first-order valence-corrected chi connectivity index (χ1v) is 7.76. The minimum atomic E-state index is -3.25. The zero-order valence-electron chi connectivity index (χ0n) is 9.43. The van der Waals surface area contributed by atoms with Crippen LogP contribution in [0.5, 0.6) is 0 Å². The molecule has 0 fully saturated rings. The number of aliphatic hydroxyl groups is 1. The van der Waals surface area contributed by atoms with Gasteiger partial charge in [-0.1, -0.05) is 15.9 Å². The average molecular weight is 320 g/mol. The zero-order chi connectivity index (χ0) is 12.6. The molecule has 1 N–H and O–H groups in total. The summed E-state index contributed by atoms with van der Waals surface area (Å²) in [7, 11) is -1.39. The fourth-order valence-electron chi connectivity index (χ4n) is 2.11. The molecule has 2 rings (SSSR count). The Labute approximate surface area is 109 Å². The molecular formula is C11H14BrNO3S. The van der Waals surface area contributed by atoms with Crippen molar-refractivity contribution in [3.05, 3.63) is 22.7 Å². The third-order valence-electron chi connectivity index (χ3n) is 3.06. The molecule has 1 aromatic carbocycles. The van der Waals surface area contributed by atoms with Gasteiger partial charge in [0, 0.05) is 24.2 Å². The predicted molar refractivity (Wildman–Crippen MR) is 70.1 cm³/mol. The Kier molecular flexibility index (Phi) is 3.47. The summed E-state index contributed by atoms with van der Waals surface area (Å²) in [5, 5.41) is 8.97. The lowest BCUT2D eigenvalue weighted by molar-refractivity contribution is 0.277. The van der Waals surface area contributed by atoms with Crippen molar-refractivity contribution >= 4 is 31.5 Å². The molecule has 1 atom stereocenters. The van der Waals surface area contributed by atoms with Gasteiger partial charge in [0.25, 0.3) is 0 Å². The van der Waals surface area contributed by atoms with Gasteiger partial charge < -0.3 is 10.0 Å². The number of sulfone groups is 1. The van der Waals surface area contributed by atoms with E-state index in [-0.39, 0.29) is 18.4 Å². The van der Waals surface area contributed by atoms with Gasteiger partial charge in [0.05, 0.1) is 16.3 Å². The van der Waals surface area contributed by atoms with Crippen LogP contribution in [0, 0.1) is 0 Å². The van der Waals surface area contributed by atoms with Crippen LogP contribution < -0.4 is 4.90 Å². The lowest BCUT2D eigenvalue weighted by atomic mass is 10.2. The van der Waals surface area contributed by atoms with Gasteiger partial charge in [0.15, 0.2) is 9.84 Å². The minimum absolute atomic E-state index is 0.00358. The average Bonchev–Trinajstić information content (AvgIpc) is 2.26. The highest BCUT2D eigenvalue weighted by Gasteiger charge is 2.33. The summed E-state index contributed by atoms with van der Waals surface area (Å²) in [6.45, 7) is -0.00358. The molecule has 94 valence electrons. The molecule has 0 spiro atoms. The van der Waals surface area contributed by atoms with Gasteiger partial charge in [0.1, 0.15) is 0 Å². The molecule has 0 amide bonds. The maximum absolute atomic E-state index is 12.1. The summed E-state index contributed by atoms with van der Waals surface area (Å²) in [4.78, 5) is 2.29. The molecular weight excluding hydrogens is 306 g/mol. The van der Waals surface area contributed by atoms with Gasteiger partial charge in [-0.3, -0.25) is 0 Å². The van der Waals surface area contributed by atoms with Crippen LogP contribution in [0.25, 0.3) is 0 Å². The molecule has 0 bridgehead atoms. The lowest BCUT2D eigenvalue weighted by Crippen LogP contribution is -2.42. The molecule has 1 aliphatic heterocycles. The van der Waals surface area contributed by atoms with Crippen LogP contribution in [0.1, 0.15) is 6.42 Å².